The first-order chi connectivity index (χ1) is 14.9. The minimum absolute atomic E-state index is 0.00550. The third-order valence-electron chi connectivity index (χ3n) is 5.19. The van der Waals surface area contributed by atoms with E-state index in [-0.39, 0.29) is 31.1 Å². The van der Waals surface area contributed by atoms with Crippen LogP contribution in [0.4, 0.5) is 0 Å². The molecule has 1 aliphatic rings. The normalized spacial score (nSPS) is 21.1. The van der Waals surface area contributed by atoms with Gasteiger partial charge in [0.15, 0.2) is 0 Å². The third kappa shape index (κ3) is 5.80. The Balaban J connectivity index is 2.28. The molecule has 0 saturated carbocycles. The summed E-state index contributed by atoms with van der Waals surface area (Å²) in [5.41, 5.74) is 4.61. The maximum absolute atomic E-state index is 13.4. The van der Waals surface area contributed by atoms with Gasteiger partial charge in [-0.05, 0) is 24.1 Å². The van der Waals surface area contributed by atoms with Gasteiger partial charge in [0, 0.05) is 38.1 Å². The van der Waals surface area contributed by atoms with Gasteiger partial charge in [-0.25, -0.2) is 12.7 Å². The average molecular weight is 505 g/mol. The fourth-order valence-electron chi connectivity index (χ4n) is 3.30. The first-order valence-corrected chi connectivity index (χ1v) is 12.3. The van der Waals surface area contributed by atoms with Gasteiger partial charge in [-0.3, -0.25) is 14.4 Å². The highest BCUT2D eigenvalue weighted by Crippen LogP contribution is 2.33. The number of hydrogen-bond acceptors (Lipinski definition) is 5. The fraction of sp³-hybridized carbons (Fsp3) is 0.450. The number of benzene rings is 1. The molecular formula is C20H26Cl2N4O5S. The van der Waals surface area contributed by atoms with Crippen LogP contribution >= 0.6 is 23.2 Å². The Morgan fingerprint density at radius 3 is 2.41 bits per heavy atom. The molecule has 2 rings (SSSR count). The predicted molar refractivity (Wildman–Crippen MR) is 123 cm³/mol. The van der Waals surface area contributed by atoms with Crippen LogP contribution in [0.3, 0.4) is 0 Å². The van der Waals surface area contributed by atoms with Gasteiger partial charge in [-0.2, -0.15) is 0 Å². The SMILES string of the molecule is CN(C)S(=O)(=O)CCNC(=O)C1C=CC(Cc2ccc(Cl)cc2)(C(N)=O)C(=O)N1CCCl. The number of nitrogens with zero attached hydrogens (tertiary/aromatic N) is 2. The number of primary amides is 1. The van der Waals surface area contributed by atoms with Crippen molar-refractivity contribution in [1.29, 1.82) is 0 Å². The second-order valence-electron chi connectivity index (χ2n) is 7.52. The Kier molecular flexibility index (Phi) is 8.69. The molecule has 12 heteroatoms. The van der Waals surface area contributed by atoms with Crippen LogP contribution in [-0.4, -0.2) is 80.2 Å². The van der Waals surface area contributed by atoms with Crippen LogP contribution in [0.2, 0.25) is 5.02 Å². The van der Waals surface area contributed by atoms with Gasteiger partial charge in [0.1, 0.15) is 11.5 Å². The quantitative estimate of drug-likeness (QED) is 0.270. The number of nitrogens with two attached hydrogens (primary N) is 1. The second kappa shape index (κ2) is 10.7. The predicted octanol–water partition coefficient (Wildman–Crippen LogP) is 0.368. The third-order valence-corrected chi connectivity index (χ3v) is 7.44. The van der Waals surface area contributed by atoms with Crippen molar-refractivity contribution in [3.63, 3.8) is 0 Å². The van der Waals surface area contributed by atoms with Crippen LogP contribution in [0.15, 0.2) is 36.4 Å². The number of halogens is 2. The van der Waals surface area contributed by atoms with Gasteiger partial charge in [0.05, 0.1) is 5.75 Å². The molecule has 2 unspecified atom stereocenters. The number of rotatable bonds is 10. The molecule has 3 amide bonds. The lowest BCUT2D eigenvalue weighted by molar-refractivity contribution is -0.151. The number of carbonyl (C=O) groups excluding carboxylic acids is 3. The molecule has 176 valence electrons. The van der Waals surface area contributed by atoms with Crippen molar-refractivity contribution in [3.8, 4) is 0 Å². The van der Waals surface area contributed by atoms with E-state index in [1.54, 1.807) is 24.3 Å². The lowest BCUT2D eigenvalue weighted by atomic mass is 9.76. The maximum Gasteiger partial charge on any atom is 0.246 e. The van der Waals surface area contributed by atoms with Gasteiger partial charge in [0.25, 0.3) is 0 Å². The molecule has 0 fully saturated rings. The van der Waals surface area contributed by atoms with Crippen molar-refractivity contribution in [3.05, 3.63) is 47.0 Å². The van der Waals surface area contributed by atoms with E-state index in [4.69, 9.17) is 28.9 Å². The summed E-state index contributed by atoms with van der Waals surface area (Å²) >= 11 is 11.8. The van der Waals surface area contributed by atoms with Crippen LogP contribution in [0.1, 0.15) is 5.56 Å². The summed E-state index contributed by atoms with van der Waals surface area (Å²) in [5, 5.41) is 3.02. The summed E-state index contributed by atoms with van der Waals surface area (Å²) in [5.74, 6) is -2.37. The monoisotopic (exact) mass is 504 g/mol. The summed E-state index contributed by atoms with van der Waals surface area (Å²) in [6.45, 7) is -0.146. The molecule has 1 aromatic carbocycles. The summed E-state index contributed by atoms with van der Waals surface area (Å²) in [4.78, 5) is 39.7. The first-order valence-electron chi connectivity index (χ1n) is 9.73. The minimum atomic E-state index is -3.50. The van der Waals surface area contributed by atoms with Crippen molar-refractivity contribution >= 4 is 50.9 Å². The van der Waals surface area contributed by atoms with Gasteiger partial charge >= 0.3 is 0 Å². The molecule has 0 saturated heterocycles. The maximum atomic E-state index is 13.4. The highest BCUT2D eigenvalue weighted by Gasteiger charge is 2.49. The first kappa shape index (κ1) is 26.1. The molecule has 0 radical (unpaired) electrons. The smallest absolute Gasteiger partial charge is 0.246 e. The summed E-state index contributed by atoms with van der Waals surface area (Å²) < 4.78 is 24.8. The molecule has 0 spiro atoms. The number of sulfonamides is 1. The second-order valence-corrected chi connectivity index (χ2v) is 10.6. The minimum Gasteiger partial charge on any atom is -0.368 e. The number of nitrogens with one attached hydrogen (secondary N) is 1. The highest BCUT2D eigenvalue weighted by atomic mass is 35.5. The van der Waals surface area contributed by atoms with Crippen molar-refractivity contribution in [2.24, 2.45) is 11.1 Å². The van der Waals surface area contributed by atoms with Crippen LogP contribution in [0.5, 0.6) is 0 Å². The summed E-state index contributed by atoms with van der Waals surface area (Å²) in [7, 11) is -0.709. The van der Waals surface area contributed by atoms with E-state index in [0.29, 0.717) is 10.6 Å². The number of hydrogen-bond donors (Lipinski definition) is 2. The zero-order valence-corrected chi connectivity index (χ0v) is 20.1. The van der Waals surface area contributed by atoms with E-state index >= 15 is 0 Å². The molecule has 0 aromatic heterocycles. The zero-order valence-electron chi connectivity index (χ0n) is 17.8. The standard InChI is InChI=1S/C20H26Cl2N4O5S/c1-25(2)32(30,31)12-10-24-17(27)16-7-8-20(18(23)28,19(29)26(16)11-9-21)13-14-3-5-15(22)6-4-14/h3-8,16H,9-13H2,1-2H3,(H2,23,28)(H,24,27). The van der Waals surface area contributed by atoms with E-state index in [1.807, 2.05) is 0 Å². The fourth-order valence-corrected chi connectivity index (χ4v) is 4.33. The highest BCUT2D eigenvalue weighted by molar-refractivity contribution is 7.89. The Labute approximate surface area is 197 Å². The Morgan fingerprint density at radius 1 is 1.25 bits per heavy atom. The Hall–Kier alpha value is -2.14. The van der Waals surface area contributed by atoms with E-state index in [1.165, 1.54) is 31.1 Å². The molecule has 2 atom stereocenters. The van der Waals surface area contributed by atoms with Crippen molar-refractivity contribution in [2.45, 2.75) is 12.5 Å². The van der Waals surface area contributed by atoms with E-state index in [0.717, 1.165) is 4.31 Å². The molecule has 3 N–H and O–H groups in total. The largest absolute Gasteiger partial charge is 0.368 e. The van der Waals surface area contributed by atoms with Crippen LogP contribution < -0.4 is 11.1 Å². The van der Waals surface area contributed by atoms with Crippen LogP contribution in [-0.2, 0) is 30.8 Å². The molecule has 1 aromatic rings. The number of alkyl halides is 1. The van der Waals surface area contributed by atoms with E-state index < -0.39 is 39.2 Å². The molecule has 0 aliphatic carbocycles. The van der Waals surface area contributed by atoms with Crippen LogP contribution in [0, 0.1) is 5.41 Å². The van der Waals surface area contributed by atoms with Crippen LogP contribution in [0.25, 0.3) is 0 Å². The Morgan fingerprint density at radius 2 is 1.88 bits per heavy atom. The number of amides is 3. The molecule has 9 nitrogen and oxygen atoms in total. The summed E-state index contributed by atoms with van der Waals surface area (Å²) in [6, 6.07) is 5.59. The van der Waals surface area contributed by atoms with Gasteiger partial charge in [0.2, 0.25) is 27.7 Å². The van der Waals surface area contributed by atoms with E-state index in [9.17, 15) is 22.8 Å². The molecule has 32 heavy (non-hydrogen) atoms. The average Bonchev–Trinajstić information content (AvgIpc) is 2.72. The molecule has 1 aliphatic heterocycles. The molecular weight excluding hydrogens is 479 g/mol. The van der Waals surface area contributed by atoms with E-state index in [2.05, 4.69) is 5.32 Å². The molecule has 0 bridgehead atoms. The lowest BCUT2D eigenvalue weighted by Gasteiger charge is -2.40. The van der Waals surface area contributed by atoms with Crippen molar-refractivity contribution in [2.75, 3.05) is 38.8 Å². The number of carbonyl (C=O) groups is 3. The van der Waals surface area contributed by atoms with Gasteiger partial charge < -0.3 is 16.0 Å². The lowest BCUT2D eigenvalue weighted by Crippen LogP contribution is -2.60. The topological polar surface area (TPSA) is 130 Å². The van der Waals surface area contributed by atoms with Gasteiger partial charge in [-0.15, -0.1) is 11.6 Å². The Bertz CT molecular complexity index is 998. The molecule has 1 heterocycles. The zero-order chi connectivity index (χ0) is 24.1. The van der Waals surface area contributed by atoms with Crippen molar-refractivity contribution in [1.82, 2.24) is 14.5 Å². The summed E-state index contributed by atoms with van der Waals surface area (Å²) in [6.07, 6.45) is 2.76. The van der Waals surface area contributed by atoms with Crippen molar-refractivity contribution < 1.29 is 22.8 Å². The van der Waals surface area contributed by atoms with Gasteiger partial charge in [-0.1, -0.05) is 35.9 Å².